The Morgan fingerprint density at radius 3 is 2.59 bits per heavy atom. The zero-order valence-corrected chi connectivity index (χ0v) is 10.5. The quantitative estimate of drug-likeness (QED) is 0.843. The van der Waals surface area contributed by atoms with E-state index in [1.165, 1.54) is 18.4 Å². The molecule has 1 aliphatic carbocycles. The van der Waals surface area contributed by atoms with Crippen LogP contribution in [0.3, 0.4) is 0 Å². The standard InChI is InChI=1S/C15H21NO/c1-12(13-7-3-2-4-8-13)16-11-15(17)14-9-5-6-10-14/h2-4,7-8,12,14,16H,5-6,9-11H2,1H3. The number of rotatable bonds is 5. The molecule has 2 rings (SSSR count). The topological polar surface area (TPSA) is 29.1 Å². The number of benzene rings is 1. The SMILES string of the molecule is CC(NCC(=O)C1CCCC1)c1ccccc1. The number of hydrogen-bond donors (Lipinski definition) is 1. The zero-order chi connectivity index (χ0) is 12.1. The Balaban J connectivity index is 1.80. The Bertz CT molecular complexity index is 354. The second kappa shape index (κ2) is 5.97. The van der Waals surface area contributed by atoms with Gasteiger partial charge in [0.25, 0.3) is 0 Å². The Labute approximate surface area is 103 Å². The van der Waals surface area contributed by atoms with Crippen molar-refractivity contribution in [3.63, 3.8) is 0 Å². The third-order valence-electron chi connectivity index (χ3n) is 3.69. The summed E-state index contributed by atoms with van der Waals surface area (Å²) in [6.07, 6.45) is 4.65. The molecule has 0 aliphatic heterocycles. The molecule has 17 heavy (non-hydrogen) atoms. The van der Waals surface area contributed by atoms with Crippen molar-refractivity contribution in [1.29, 1.82) is 0 Å². The van der Waals surface area contributed by atoms with Crippen LogP contribution >= 0.6 is 0 Å². The highest BCUT2D eigenvalue weighted by Crippen LogP contribution is 2.25. The molecule has 1 unspecified atom stereocenters. The Morgan fingerprint density at radius 1 is 1.29 bits per heavy atom. The van der Waals surface area contributed by atoms with E-state index in [4.69, 9.17) is 0 Å². The normalized spacial score (nSPS) is 18.2. The van der Waals surface area contributed by atoms with Gasteiger partial charge in [-0.3, -0.25) is 4.79 Å². The summed E-state index contributed by atoms with van der Waals surface area (Å²) >= 11 is 0. The molecule has 0 radical (unpaired) electrons. The van der Waals surface area contributed by atoms with E-state index < -0.39 is 0 Å². The lowest BCUT2D eigenvalue weighted by molar-refractivity contribution is -0.121. The van der Waals surface area contributed by atoms with Gasteiger partial charge < -0.3 is 5.32 Å². The van der Waals surface area contributed by atoms with Gasteiger partial charge in [-0.15, -0.1) is 0 Å². The Kier molecular flexibility index (Phi) is 4.32. The van der Waals surface area contributed by atoms with Crippen molar-refractivity contribution in [2.75, 3.05) is 6.54 Å². The molecule has 1 atom stereocenters. The molecule has 1 saturated carbocycles. The fraction of sp³-hybridized carbons (Fsp3) is 0.533. The van der Waals surface area contributed by atoms with Crippen LogP contribution in [0, 0.1) is 5.92 Å². The van der Waals surface area contributed by atoms with E-state index in [0.717, 1.165) is 12.8 Å². The smallest absolute Gasteiger partial charge is 0.149 e. The predicted octanol–water partition coefficient (Wildman–Crippen LogP) is 3.10. The van der Waals surface area contributed by atoms with Crippen LogP contribution in [0.15, 0.2) is 30.3 Å². The molecule has 1 aromatic carbocycles. The van der Waals surface area contributed by atoms with Crippen LogP contribution in [0.25, 0.3) is 0 Å². The average Bonchev–Trinajstić information content (AvgIpc) is 2.90. The summed E-state index contributed by atoms with van der Waals surface area (Å²) in [6.45, 7) is 2.62. The molecule has 92 valence electrons. The number of nitrogens with one attached hydrogen (secondary N) is 1. The highest BCUT2D eigenvalue weighted by molar-refractivity contribution is 5.83. The van der Waals surface area contributed by atoms with Gasteiger partial charge in [-0.1, -0.05) is 43.2 Å². The van der Waals surface area contributed by atoms with Gasteiger partial charge in [-0.05, 0) is 25.3 Å². The minimum absolute atomic E-state index is 0.251. The van der Waals surface area contributed by atoms with E-state index >= 15 is 0 Å². The van der Waals surface area contributed by atoms with Crippen molar-refractivity contribution in [2.45, 2.75) is 38.6 Å². The van der Waals surface area contributed by atoms with Gasteiger partial charge in [0.2, 0.25) is 0 Å². The summed E-state index contributed by atoms with van der Waals surface area (Å²) in [5, 5.41) is 3.33. The Morgan fingerprint density at radius 2 is 1.94 bits per heavy atom. The van der Waals surface area contributed by atoms with Crippen molar-refractivity contribution < 1.29 is 4.79 Å². The largest absolute Gasteiger partial charge is 0.303 e. The first kappa shape index (κ1) is 12.3. The first-order valence-corrected chi connectivity index (χ1v) is 6.58. The van der Waals surface area contributed by atoms with Crippen LogP contribution in [0.1, 0.15) is 44.2 Å². The van der Waals surface area contributed by atoms with Crippen LogP contribution in [0.5, 0.6) is 0 Å². The summed E-state index contributed by atoms with van der Waals surface area (Å²) in [4.78, 5) is 11.9. The molecule has 1 aromatic rings. The first-order valence-electron chi connectivity index (χ1n) is 6.58. The van der Waals surface area contributed by atoms with Gasteiger partial charge in [0, 0.05) is 12.0 Å². The highest BCUT2D eigenvalue weighted by Gasteiger charge is 2.22. The van der Waals surface area contributed by atoms with Crippen molar-refractivity contribution in [3.8, 4) is 0 Å². The molecule has 1 aliphatic rings. The lowest BCUT2D eigenvalue weighted by atomic mass is 10.0. The van der Waals surface area contributed by atoms with Crippen LogP contribution < -0.4 is 5.32 Å². The first-order chi connectivity index (χ1) is 8.27. The van der Waals surface area contributed by atoms with E-state index in [-0.39, 0.29) is 6.04 Å². The van der Waals surface area contributed by atoms with Crippen molar-refractivity contribution in [2.24, 2.45) is 5.92 Å². The number of ketones is 1. The molecule has 2 nitrogen and oxygen atoms in total. The second-order valence-corrected chi connectivity index (χ2v) is 4.96. The molecule has 2 heteroatoms. The summed E-state index contributed by atoms with van der Waals surface area (Å²) in [7, 11) is 0. The lowest BCUT2D eigenvalue weighted by Crippen LogP contribution is -2.29. The third-order valence-corrected chi connectivity index (χ3v) is 3.69. The molecule has 0 saturated heterocycles. The number of carbonyl (C=O) groups is 1. The maximum absolute atomic E-state index is 11.9. The van der Waals surface area contributed by atoms with Gasteiger partial charge in [0.1, 0.15) is 5.78 Å². The second-order valence-electron chi connectivity index (χ2n) is 4.96. The third kappa shape index (κ3) is 3.40. The fourth-order valence-electron chi connectivity index (χ4n) is 2.51. The van der Waals surface area contributed by atoms with E-state index in [0.29, 0.717) is 18.2 Å². The molecule has 0 amide bonds. The molecule has 0 heterocycles. The van der Waals surface area contributed by atoms with Crippen LogP contribution in [-0.4, -0.2) is 12.3 Å². The van der Waals surface area contributed by atoms with Gasteiger partial charge in [-0.25, -0.2) is 0 Å². The van der Waals surface area contributed by atoms with E-state index in [2.05, 4.69) is 24.4 Å². The molecule has 0 bridgehead atoms. The van der Waals surface area contributed by atoms with Crippen molar-refractivity contribution in [1.82, 2.24) is 5.32 Å². The van der Waals surface area contributed by atoms with E-state index in [1.807, 2.05) is 18.2 Å². The minimum Gasteiger partial charge on any atom is -0.303 e. The minimum atomic E-state index is 0.251. The summed E-state index contributed by atoms with van der Waals surface area (Å²) < 4.78 is 0. The summed E-state index contributed by atoms with van der Waals surface area (Å²) in [6, 6.07) is 10.5. The molecular formula is C15H21NO. The monoisotopic (exact) mass is 231 g/mol. The Hall–Kier alpha value is -1.15. The molecular weight excluding hydrogens is 210 g/mol. The van der Waals surface area contributed by atoms with Crippen molar-refractivity contribution >= 4 is 5.78 Å². The lowest BCUT2D eigenvalue weighted by Gasteiger charge is -2.15. The van der Waals surface area contributed by atoms with Gasteiger partial charge in [-0.2, -0.15) is 0 Å². The molecule has 1 N–H and O–H groups in total. The van der Waals surface area contributed by atoms with E-state index in [1.54, 1.807) is 0 Å². The van der Waals surface area contributed by atoms with E-state index in [9.17, 15) is 4.79 Å². The summed E-state index contributed by atoms with van der Waals surface area (Å²) in [5.41, 5.74) is 1.24. The van der Waals surface area contributed by atoms with Crippen LogP contribution in [0.4, 0.5) is 0 Å². The zero-order valence-electron chi connectivity index (χ0n) is 10.5. The number of hydrogen-bond acceptors (Lipinski definition) is 2. The summed E-state index contributed by atoms with van der Waals surface area (Å²) in [5.74, 6) is 0.718. The highest BCUT2D eigenvalue weighted by atomic mass is 16.1. The average molecular weight is 231 g/mol. The van der Waals surface area contributed by atoms with Crippen molar-refractivity contribution in [3.05, 3.63) is 35.9 Å². The predicted molar refractivity (Wildman–Crippen MR) is 69.8 cm³/mol. The number of Topliss-reactive ketones (excluding diaryl/α,β-unsaturated/α-hetero) is 1. The van der Waals surface area contributed by atoms with Crippen LogP contribution in [0.2, 0.25) is 0 Å². The number of carbonyl (C=O) groups excluding carboxylic acids is 1. The molecule has 1 fully saturated rings. The fourth-order valence-corrected chi connectivity index (χ4v) is 2.51. The van der Waals surface area contributed by atoms with Gasteiger partial charge in [0.15, 0.2) is 0 Å². The maximum atomic E-state index is 11.9. The van der Waals surface area contributed by atoms with Gasteiger partial charge >= 0.3 is 0 Å². The molecule has 0 aromatic heterocycles. The van der Waals surface area contributed by atoms with Gasteiger partial charge in [0.05, 0.1) is 6.54 Å². The molecule has 0 spiro atoms. The maximum Gasteiger partial charge on any atom is 0.149 e. The van der Waals surface area contributed by atoms with Crippen LogP contribution in [-0.2, 0) is 4.79 Å².